The average molecular weight is 496 g/mol. The van der Waals surface area contributed by atoms with Gasteiger partial charge in [-0.3, -0.25) is 0 Å². The molecule has 1 aromatic heterocycles. The van der Waals surface area contributed by atoms with E-state index in [-0.39, 0.29) is 16.2 Å². The number of methoxy groups -OCH3 is 2. The van der Waals surface area contributed by atoms with E-state index in [9.17, 15) is 0 Å². The van der Waals surface area contributed by atoms with Crippen molar-refractivity contribution in [2.45, 2.75) is 78.6 Å². The van der Waals surface area contributed by atoms with Crippen LogP contribution in [0.15, 0.2) is 36.4 Å². The lowest BCUT2D eigenvalue weighted by molar-refractivity contribution is 0.414. The first kappa shape index (κ1) is 25.4. The molecule has 4 nitrogen and oxygen atoms in total. The molecule has 0 fully saturated rings. The predicted octanol–water partition coefficient (Wildman–Crippen LogP) is 8.85. The van der Waals surface area contributed by atoms with Crippen LogP contribution in [-0.2, 0) is 16.2 Å². The largest absolute Gasteiger partial charge is 0.496 e. The molecule has 4 aromatic rings. The summed E-state index contributed by atoms with van der Waals surface area (Å²) in [7, 11) is 3.49. The first-order valence-electron chi connectivity index (χ1n) is 13.1. The van der Waals surface area contributed by atoms with Crippen LogP contribution in [0.1, 0.15) is 79.0 Å². The Morgan fingerprint density at radius 2 is 0.973 bits per heavy atom. The standard InChI is InChI=1S/C33H39N2O2/c1-31(2,3)18-12-21-27-22(13-18)35-24-15-20(33(7,8)9)17-26(37-11)29(24)30(27)28-23(34-21)14-19(32(4,5)6)16-25(28)36-10/h12-17H,1-11H3. The Morgan fingerprint density at radius 3 is 1.51 bits per heavy atom. The van der Waals surface area contributed by atoms with Crippen molar-refractivity contribution < 1.29 is 9.47 Å². The Morgan fingerprint density at radius 1 is 0.514 bits per heavy atom. The maximum absolute atomic E-state index is 6.05. The normalized spacial score (nSPS) is 13.5. The molecule has 5 rings (SSSR count). The van der Waals surface area contributed by atoms with E-state index >= 15 is 0 Å². The van der Waals surface area contributed by atoms with Gasteiger partial charge in [-0.15, -0.1) is 0 Å². The van der Waals surface area contributed by atoms with Crippen LogP contribution >= 0.6 is 0 Å². The molecule has 37 heavy (non-hydrogen) atoms. The summed E-state index contributed by atoms with van der Waals surface area (Å²) in [4.78, 5) is 5.24. The van der Waals surface area contributed by atoms with Gasteiger partial charge in [0.2, 0.25) is 0 Å². The number of ether oxygens (including phenoxy) is 2. The van der Waals surface area contributed by atoms with E-state index in [0.29, 0.717) is 0 Å². The van der Waals surface area contributed by atoms with Gasteiger partial charge in [0.25, 0.3) is 0 Å². The molecule has 3 aromatic carbocycles. The van der Waals surface area contributed by atoms with Crippen LogP contribution in [0.25, 0.3) is 32.9 Å². The predicted molar refractivity (Wildman–Crippen MR) is 155 cm³/mol. The Hall–Kier alpha value is -3.27. The zero-order valence-corrected chi connectivity index (χ0v) is 24.2. The molecule has 0 amide bonds. The quantitative estimate of drug-likeness (QED) is 0.230. The van der Waals surface area contributed by atoms with Gasteiger partial charge in [0.15, 0.2) is 0 Å². The van der Waals surface area contributed by atoms with E-state index in [1.807, 2.05) is 0 Å². The third-order valence-electron chi connectivity index (χ3n) is 7.53. The molecule has 0 saturated carbocycles. The monoisotopic (exact) mass is 495 g/mol. The summed E-state index contributed by atoms with van der Waals surface area (Å²) in [6.07, 6.45) is 0. The third-order valence-corrected chi connectivity index (χ3v) is 7.53. The van der Waals surface area contributed by atoms with E-state index < -0.39 is 0 Å². The molecule has 0 atom stereocenters. The van der Waals surface area contributed by atoms with Crippen molar-refractivity contribution in [3.63, 3.8) is 0 Å². The second kappa shape index (κ2) is 8.11. The van der Waals surface area contributed by atoms with E-state index in [1.165, 1.54) is 16.7 Å². The highest BCUT2D eigenvalue weighted by Gasteiger charge is 2.32. The van der Waals surface area contributed by atoms with Crippen molar-refractivity contribution >= 4 is 33.2 Å². The van der Waals surface area contributed by atoms with Crippen molar-refractivity contribution in [1.29, 1.82) is 0 Å². The highest BCUT2D eigenvalue weighted by molar-refractivity contribution is 6.19. The lowest BCUT2D eigenvalue weighted by Crippen LogP contribution is -2.15. The van der Waals surface area contributed by atoms with E-state index in [0.717, 1.165) is 55.8 Å². The number of hydrogen-bond acceptors (Lipinski definition) is 3. The number of fused-ring (bicyclic) bond motifs is 4. The molecule has 0 N–H and O–H groups in total. The van der Waals surface area contributed by atoms with Gasteiger partial charge in [-0.25, -0.2) is 10.3 Å². The SMILES string of the molecule is COc1cc(C(C)(C)C)cc2c1-c1c3c(cc(C(C)(C)C)cc3nc3cc(C(C)(C)C)cc(OC)c13)[N]2. The smallest absolute Gasteiger partial charge is 0.129 e. The summed E-state index contributed by atoms with van der Waals surface area (Å²) in [5, 5.41) is 7.30. The van der Waals surface area contributed by atoms with Gasteiger partial charge in [0.1, 0.15) is 11.5 Å². The summed E-state index contributed by atoms with van der Waals surface area (Å²) < 4.78 is 12.1. The minimum absolute atomic E-state index is 0.0345. The van der Waals surface area contributed by atoms with Crippen LogP contribution in [0.3, 0.4) is 0 Å². The van der Waals surface area contributed by atoms with Gasteiger partial charge in [0.05, 0.1) is 47.6 Å². The maximum atomic E-state index is 6.05. The second-order valence-corrected chi connectivity index (χ2v) is 13.4. The fourth-order valence-corrected chi connectivity index (χ4v) is 5.18. The highest BCUT2D eigenvalue weighted by Crippen LogP contribution is 2.54. The van der Waals surface area contributed by atoms with Crippen molar-refractivity contribution in [1.82, 2.24) is 10.3 Å². The van der Waals surface area contributed by atoms with E-state index in [1.54, 1.807) is 14.2 Å². The fraction of sp³-hybridized carbons (Fsp3) is 0.424. The van der Waals surface area contributed by atoms with Gasteiger partial charge >= 0.3 is 0 Å². The average Bonchev–Trinajstić information content (AvgIpc) is 2.80. The van der Waals surface area contributed by atoms with Crippen LogP contribution < -0.4 is 14.8 Å². The van der Waals surface area contributed by atoms with Gasteiger partial charge in [-0.2, -0.15) is 0 Å². The van der Waals surface area contributed by atoms with Gasteiger partial charge < -0.3 is 9.47 Å². The number of pyridine rings is 1. The van der Waals surface area contributed by atoms with Crippen molar-refractivity contribution in [3.8, 4) is 22.6 Å². The molecule has 0 unspecified atom stereocenters. The van der Waals surface area contributed by atoms with Crippen molar-refractivity contribution in [2.24, 2.45) is 0 Å². The summed E-state index contributed by atoms with van der Waals surface area (Å²) in [6, 6.07) is 13.2. The molecule has 0 bridgehead atoms. The van der Waals surface area contributed by atoms with Gasteiger partial charge in [0, 0.05) is 10.9 Å². The molecule has 1 aliphatic rings. The number of nitrogens with zero attached hydrogens (tertiary/aromatic N) is 2. The molecular weight excluding hydrogens is 456 g/mol. The molecular formula is C33H39N2O2. The molecule has 1 radical (unpaired) electrons. The number of aromatic nitrogens is 1. The summed E-state index contributed by atoms with van der Waals surface area (Å²) in [6.45, 7) is 20.0. The minimum atomic E-state index is -0.0414. The molecule has 0 saturated heterocycles. The first-order chi connectivity index (χ1) is 17.1. The van der Waals surface area contributed by atoms with Gasteiger partial charge in [-0.05, 0) is 69.3 Å². The molecule has 1 aliphatic heterocycles. The van der Waals surface area contributed by atoms with Crippen LogP contribution in [0.5, 0.6) is 11.5 Å². The number of benzene rings is 3. The van der Waals surface area contributed by atoms with Gasteiger partial charge in [-0.1, -0.05) is 62.3 Å². The van der Waals surface area contributed by atoms with Crippen LogP contribution in [0.2, 0.25) is 0 Å². The molecule has 0 spiro atoms. The zero-order valence-electron chi connectivity index (χ0n) is 24.2. The topological polar surface area (TPSA) is 45.5 Å². The number of hydrogen-bond donors (Lipinski definition) is 0. The van der Waals surface area contributed by atoms with Crippen LogP contribution in [-0.4, -0.2) is 19.2 Å². The lowest BCUT2D eigenvalue weighted by atomic mass is 9.80. The Bertz CT molecular complexity index is 1560. The van der Waals surface area contributed by atoms with E-state index in [4.69, 9.17) is 19.8 Å². The van der Waals surface area contributed by atoms with Crippen LogP contribution in [0, 0.1) is 0 Å². The second-order valence-electron chi connectivity index (χ2n) is 13.4. The first-order valence-corrected chi connectivity index (χ1v) is 13.1. The summed E-state index contributed by atoms with van der Waals surface area (Å²) in [5.74, 6) is 1.65. The van der Waals surface area contributed by atoms with Crippen molar-refractivity contribution in [2.75, 3.05) is 14.2 Å². The Kier molecular flexibility index (Phi) is 5.57. The number of rotatable bonds is 2. The summed E-state index contributed by atoms with van der Waals surface area (Å²) >= 11 is 0. The minimum Gasteiger partial charge on any atom is -0.496 e. The summed E-state index contributed by atoms with van der Waals surface area (Å²) in [5.41, 5.74) is 9.35. The lowest BCUT2D eigenvalue weighted by Gasteiger charge is -2.30. The highest BCUT2D eigenvalue weighted by atomic mass is 16.5. The molecule has 2 heterocycles. The Labute approximate surface area is 221 Å². The molecule has 0 aliphatic carbocycles. The zero-order chi connectivity index (χ0) is 27.1. The Balaban J connectivity index is 2.02. The van der Waals surface area contributed by atoms with Crippen LogP contribution in [0.4, 0.5) is 11.4 Å². The third kappa shape index (κ3) is 4.11. The van der Waals surface area contributed by atoms with E-state index in [2.05, 4.69) is 98.7 Å². The molecule has 4 heteroatoms. The van der Waals surface area contributed by atoms with Crippen molar-refractivity contribution in [3.05, 3.63) is 53.1 Å². The fourth-order valence-electron chi connectivity index (χ4n) is 5.18. The molecule has 193 valence electrons. The maximum Gasteiger partial charge on any atom is 0.129 e.